The molecule has 0 fully saturated rings. The van der Waals surface area contributed by atoms with Crippen molar-refractivity contribution < 1.29 is 10.0 Å². The molecule has 3 aromatic rings. The summed E-state index contributed by atoms with van der Waals surface area (Å²) in [6.07, 6.45) is 4.54. The fourth-order valence-electron chi connectivity index (χ4n) is 2.93. The molecule has 0 saturated carbocycles. The van der Waals surface area contributed by atoms with Crippen LogP contribution < -0.4 is 5.36 Å². The summed E-state index contributed by atoms with van der Waals surface area (Å²) in [5.41, 5.74) is 2.61. The van der Waals surface area contributed by atoms with Gasteiger partial charge in [-0.15, -0.1) is 0 Å². The van der Waals surface area contributed by atoms with Gasteiger partial charge in [-0.1, -0.05) is 43.1 Å². The number of pyridine rings is 1. The second-order valence-corrected chi connectivity index (χ2v) is 7.50. The smallest absolute Gasteiger partial charge is 0.277 e. The molecule has 7 heteroatoms. The number of halogens is 2. The van der Waals surface area contributed by atoms with E-state index in [9.17, 15) is 10.0 Å². The number of hydrogen-bond donors (Lipinski definition) is 1. The zero-order chi connectivity index (χ0) is 19.0. The zero-order valence-electron chi connectivity index (χ0n) is 14.7. The van der Waals surface area contributed by atoms with Gasteiger partial charge in [-0.05, 0) is 30.5 Å². The molecule has 0 atom stereocenters. The number of rotatable bonds is 3. The Kier molecular flexibility index (Phi) is 5.12. The Bertz CT molecular complexity index is 1040. The molecule has 2 aromatic heterocycles. The van der Waals surface area contributed by atoms with Gasteiger partial charge in [-0.2, -0.15) is 4.73 Å². The molecule has 0 spiro atoms. The van der Waals surface area contributed by atoms with E-state index in [-0.39, 0.29) is 15.4 Å². The highest BCUT2D eigenvalue weighted by Crippen LogP contribution is 2.23. The highest BCUT2D eigenvalue weighted by molar-refractivity contribution is 6.34. The number of hydrogen-bond acceptors (Lipinski definition) is 2. The van der Waals surface area contributed by atoms with Crippen LogP contribution in [-0.2, 0) is 6.54 Å². The predicted octanol–water partition coefficient (Wildman–Crippen LogP) is 4.69. The van der Waals surface area contributed by atoms with E-state index in [4.69, 9.17) is 23.2 Å². The van der Waals surface area contributed by atoms with Crippen LogP contribution in [0.4, 0.5) is 0 Å². The molecule has 2 heterocycles. The molecule has 0 aliphatic heterocycles. The lowest BCUT2D eigenvalue weighted by Gasteiger charge is -2.08. The van der Waals surface area contributed by atoms with Gasteiger partial charge in [0.05, 0.1) is 22.4 Å². The summed E-state index contributed by atoms with van der Waals surface area (Å²) >= 11 is 12.1. The average Bonchev–Trinajstić information content (AvgIpc) is 2.85. The van der Waals surface area contributed by atoms with Crippen LogP contribution in [0.5, 0.6) is 0 Å². The van der Waals surface area contributed by atoms with Crippen molar-refractivity contribution in [2.45, 2.75) is 27.3 Å². The second kappa shape index (κ2) is 7.17. The quantitative estimate of drug-likeness (QED) is 0.658. The lowest BCUT2D eigenvalue weighted by atomic mass is 10.1. The maximum atomic E-state index is 12.6. The van der Waals surface area contributed by atoms with Gasteiger partial charge in [0.1, 0.15) is 5.36 Å². The molecule has 1 amide bonds. The Morgan fingerprint density at radius 1 is 1.19 bits per heavy atom. The molecule has 26 heavy (non-hydrogen) atoms. The first-order valence-electron chi connectivity index (χ1n) is 8.21. The van der Waals surface area contributed by atoms with Crippen LogP contribution in [0.1, 0.15) is 29.8 Å². The molecule has 5 nitrogen and oxygen atoms in total. The van der Waals surface area contributed by atoms with Crippen LogP contribution in [0.2, 0.25) is 10.0 Å². The zero-order valence-corrected chi connectivity index (χ0v) is 16.2. The topological polar surface area (TPSA) is 59.5 Å². The van der Waals surface area contributed by atoms with Gasteiger partial charge >= 0.3 is 0 Å². The number of aryl methyl sites for hydroxylation is 1. The predicted molar refractivity (Wildman–Crippen MR) is 103 cm³/mol. The maximum absolute atomic E-state index is 12.6. The summed E-state index contributed by atoms with van der Waals surface area (Å²) in [5.74, 6) is 0.0440. The standard InChI is InChI=1S/C19H19Cl2N3O2/c1-11(2)7-23-8-12(3)14-5-4-13(6-17(14)23)19(25)22-18-15(20)9-24(26)10-16(18)21/h4-6,8-11,26H,7H2,1-3H3. The Morgan fingerprint density at radius 3 is 2.46 bits per heavy atom. The van der Waals surface area contributed by atoms with E-state index in [2.05, 4.69) is 36.5 Å². The third-order valence-corrected chi connectivity index (χ3v) is 4.60. The van der Waals surface area contributed by atoms with Gasteiger partial charge in [-0.3, -0.25) is 4.79 Å². The summed E-state index contributed by atoms with van der Waals surface area (Å²) in [5, 5.41) is 10.8. The summed E-state index contributed by atoms with van der Waals surface area (Å²) in [6.45, 7) is 7.22. The van der Waals surface area contributed by atoms with E-state index in [0.717, 1.165) is 22.2 Å². The average molecular weight is 392 g/mol. The van der Waals surface area contributed by atoms with E-state index < -0.39 is 5.91 Å². The first-order valence-corrected chi connectivity index (χ1v) is 8.97. The number of fused-ring (bicyclic) bond motifs is 1. The number of carbonyl (C=O) groups is 1. The van der Waals surface area contributed by atoms with Crippen molar-refractivity contribution in [2.75, 3.05) is 0 Å². The molecular formula is C19H19Cl2N3O2. The van der Waals surface area contributed by atoms with Crippen molar-refractivity contribution >= 4 is 40.0 Å². The molecule has 0 radical (unpaired) electrons. The van der Waals surface area contributed by atoms with Crippen LogP contribution in [0, 0.1) is 12.8 Å². The minimum absolute atomic E-state index is 0.0912. The molecule has 0 aliphatic carbocycles. The van der Waals surface area contributed by atoms with Gasteiger partial charge in [0, 0.05) is 29.2 Å². The van der Waals surface area contributed by atoms with Gasteiger partial charge in [-0.25, -0.2) is 4.99 Å². The van der Waals surface area contributed by atoms with Gasteiger partial charge in [0.15, 0.2) is 0 Å². The molecular weight excluding hydrogens is 373 g/mol. The van der Waals surface area contributed by atoms with Crippen LogP contribution in [-0.4, -0.2) is 20.4 Å². The van der Waals surface area contributed by atoms with Crippen molar-refractivity contribution in [1.82, 2.24) is 9.30 Å². The van der Waals surface area contributed by atoms with Crippen LogP contribution in [0.3, 0.4) is 0 Å². The highest BCUT2D eigenvalue weighted by Gasteiger charge is 2.12. The number of aromatic nitrogens is 2. The minimum atomic E-state index is -0.443. The van der Waals surface area contributed by atoms with Crippen LogP contribution in [0.25, 0.3) is 10.9 Å². The van der Waals surface area contributed by atoms with Crippen molar-refractivity contribution in [3.63, 3.8) is 0 Å². The fraction of sp³-hybridized carbons (Fsp3) is 0.263. The van der Waals surface area contributed by atoms with E-state index in [1.807, 2.05) is 12.1 Å². The first kappa shape index (κ1) is 18.5. The number of amides is 1. The number of carbonyl (C=O) groups excluding carboxylic acids is 1. The Labute approximate surface area is 161 Å². The number of benzene rings is 1. The van der Waals surface area contributed by atoms with Crippen molar-refractivity contribution in [1.29, 1.82) is 0 Å². The third kappa shape index (κ3) is 3.64. The monoisotopic (exact) mass is 391 g/mol. The molecule has 3 rings (SSSR count). The molecule has 136 valence electrons. The fourth-order valence-corrected chi connectivity index (χ4v) is 3.47. The number of nitrogens with zero attached hydrogens (tertiary/aromatic N) is 3. The summed E-state index contributed by atoms with van der Waals surface area (Å²) in [7, 11) is 0. The van der Waals surface area contributed by atoms with Crippen molar-refractivity contribution in [3.05, 3.63) is 63.3 Å². The Balaban J connectivity index is 2.08. The molecule has 0 aliphatic rings. The van der Waals surface area contributed by atoms with Crippen LogP contribution in [0.15, 0.2) is 41.8 Å². The SMILES string of the molecule is Cc1cn(CC(C)C)c2cc(C(=O)N=c3c(Cl)cn(O)cc3Cl)ccc12. The lowest BCUT2D eigenvalue weighted by Crippen LogP contribution is -2.12. The second-order valence-electron chi connectivity index (χ2n) is 6.69. The molecule has 1 N–H and O–H groups in total. The first-order chi connectivity index (χ1) is 12.3. The molecule has 0 unspecified atom stereocenters. The Hall–Kier alpha value is -2.24. The van der Waals surface area contributed by atoms with Gasteiger partial charge < -0.3 is 9.77 Å². The van der Waals surface area contributed by atoms with Crippen molar-refractivity contribution in [3.8, 4) is 0 Å². The van der Waals surface area contributed by atoms with E-state index >= 15 is 0 Å². The van der Waals surface area contributed by atoms with Gasteiger partial charge in [0.25, 0.3) is 5.91 Å². The Morgan fingerprint density at radius 2 is 1.85 bits per heavy atom. The highest BCUT2D eigenvalue weighted by atomic mass is 35.5. The summed E-state index contributed by atoms with van der Waals surface area (Å²) < 4.78 is 2.88. The van der Waals surface area contributed by atoms with E-state index in [1.54, 1.807) is 6.07 Å². The lowest BCUT2D eigenvalue weighted by molar-refractivity contribution is 0.0998. The van der Waals surface area contributed by atoms with Crippen molar-refractivity contribution in [2.24, 2.45) is 10.9 Å². The third-order valence-electron chi connectivity index (χ3n) is 4.05. The maximum Gasteiger partial charge on any atom is 0.277 e. The molecule has 0 bridgehead atoms. The summed E-state index contributed by atoms with van der Waals surface area (Å²) in [4.78, 5) is 16.7. The summed E-state index contributed by atoms with van der Waals surface area (Å²) in [6, 6.07) is 5.52. The van der Waals surface area contributed by atoms with Crippen LogP contribution >= 0.6 is 23.2 Å². The van der Waals surface area contributed by atoms with E-state index in [1.165, 1.54) is 18.0 Å². The van der Waals surface area contributed by atoms with E-state index in [0.29, 0.717) is 11.5 Å². The largest absolute Gasteiger partial charge is 0.429 e. The molecule has 1 aromatic carbocycles. The normalized spacial score (nSPS) is 11.3. The minimum Gasteiger partial charge on any atom is -0.429 e. The molecule has 0 saturated heterocycles. The van der Waals surface area contributed by atoms with Gasteiger partial charge in [0.2, 0.25) is 0 Å².